The van der Waals surface area contributed by atoms with Crippen LogP contribution in [0.1, 0.15) is 401 Å². The van der Waals surface area contributed by atoms with Gasteiger partial charge in [-0.15, -0.1) is 0 Å². The largest absolute Gasteiger partial charge is 0.472 e. The lowest BCUT2D eigenvalue weighted by atomic mass is 9.99. The Kier molecular flexibility index (Phi) is 67.7. The Morgan fingerprint density at radius 1 is 0.295 bits per heavy atom. The fourth-order valence-corrected chi connectivity index (χ4v) is 13.3. The Morgan fingerprint density at radius 2 is 0.505 bits per heavy atom. The standard InChI is InChI=1S/C76H148O17P2/c1-6-10-13-16-18-20-22-24-33-37-41-45-50-55-60-74(79)87-66-72(93-76(81)62-57-52-47-43-39-35-31-29-27-26-28-30-32-36-40-44-49-53-58-69(5)9-4)68-91-95(84,85)89-64-70(77)63-88-94(82,83)90-67-71(65-86-73(78)59-54-48-15-12-8-3)92-75(80)61-56-51-46-42-38-34-25-23-21-19-17-14-11-7-2/h69-72,77H,6-68H2,1-5H3,(H,82,83)(H,84,85)/t69?,70-,71+,72+/m0/s1. The number of esters is 4. The molecule has 0 aromatic rings. The number of unbranched alkanes of at least 4 members (excludes halogenated alkanes) is 47. The van der Waals surface area contributed by atoms with E-state index in [1.807, 2.05) is 0 Å². The number of phosphoric ester groups is 2. The average Bonchev–Trinajstić information content (AvgIpc) is 1.62. The summed E-state index contributed by atoms with van der Waals surface area (Å²) in [4.78, 5) is 72.5. The van der Waals surface area contributed by atoms with Gasteiger partial charge in [0.2, 0.25) is 0 Å². The Labute approximate surface area is 581 Å². The van der Waals surface area contributed by atoms with E-state index in [-0.39, 0.29) is 25.7 Å². The molecule has 0 rings (SSSR count). The van der Waals surface area contributed by atoms with Gasteiger partial charge in [0.05, 0.1) is 26.4 Å². The fourth-order valence-electron chi connectivity index (χ4n) is 11.7. The van der Waals surface area contributed by atoms with Crippen molar-refractivity contribution in [2.75, 3.05) is 39.6 Å². The van der Waals surface area contributed by atoms with E-state index in [0.29, 0.717) is 25.7 Å². The van der Waals surface area contributed by atoms with Crippen molar-refractivity contribution in [3.63, 3.8) is 0 Å². The maximum absolute atomic E-state index is 13.1. The van der Waals surface area contributed by atoms with Crippen LogP contribution < -0.4 is 0 Å². The summed E-state index contributed by atoms with van der Waals surface area (Å²) in [5, 5.41) is 10.6. The van der Waals surface area contributed by atoms with Crippen molar-refractivity contribution in [2.24, 2.45) is 5.92 Å². The van der Waals surface area contributed by atoms with E-state index in [1.54, 1.807) is 0 Å². The molecule has 0 aliphatic rings. The van der Waals surface area contributed by atoms with Crippen LogP contribution in [-0.4, -0.2) is 96.7 Å². The summed E-state index contributed by atoms with van der Waals surface area (Å²) in [6.45, 7) is 7.28. The van der Waals surface area contributed by atoms with Crippen molar-refractivity contribution in [1.29, 1.82) is 0 Å². The topological polar surface area (TPSA) is 237 Å². The number of ether oxygens (including phenoxy) is 4. The molecule has 6 atom stereocenters. The number of aliphatic hydroxyl groups is 1. The van der Waals surface area contributed by atoms with Gasteiger partial charge in [0.15, 0.2) is 12.2 Å². The van der Waals surface area contributed by atoms with Crippen molar-refractivity contribution in [1.82, 2.24) is 0 Å². The molecule has 0 aliphatic carbocycles. The third-order valence-corrected chi connectivity index (χ3v) is 20.0. The molecule has 3 unspecified atom stereocenters. The number of rotatable bonds is 76. The lowest BCUT2D eigenvalue weighted by Gasteiger charge is -2.21. The third kappa shape index (κ3) is 69.0. The predicted octanol–water partition coefficient (Wildman–Crippen LogP) is 22.5. The molecule has 0 fully saturated rings. The number of carbonyl (C=O) groups excluding carboxylic acids is 4. The van der Waals surface area contributed by atoms with Crippen LogP contribution in [0.4, 0.5) is 0 Å². The van der Waals surface area contributed by atoms with Crippen molar-refractivity contribution >= 4 is 39.5 Å². The van der Waals surface area contributed by atoms with E-state index < -0.39 is 97.5 Å². The average molecular weight is 1400 g/mol. The highest BCUT2D eigenvalue weighted by molar-refractivity contribution is 7.47. The van der Waals surface area contributed by atoms with Crippen molar-refractivity contribution in [2.45, 2.75) is 419 Å². The van der Waals surface area contributed by atoms with Crippen molar-refractivity contribution < 1.29 is 80.2 Å². The summed E-state index contributed by atoms with van der Waals surface area (Å²) >= 11 is 0. The summed E-state index contributed by atoms with van der Waals surface area (Å²) in [5.74, 6) is -1.25. The van der Waals surface area contributed by atoms with Gasteiger partial charge in [-0.2, -0.15) is 0 Å². The number of hydrogen-bond acceptors (Lipinski definition) is 15. The Morgan fingerprint density at radius 3 is 0.747 bits per heavy atom. The highest BCUT2D eigenvalue weighted by atomic mass is 31.2. The van der Waals surface area contributed by atoms with Gasteiger partial charge in [0.1, 0.15) is 19.3 Å². The van der Waals surface area contributed by atoms with Gasteiger partial charge < -0.3 is 33.8 Å². The minimum atomic E-state index is -4.95. The van der Waals surface area contributed by atoms with Gasteiger partial charge in [-0.05, 0) is 31.6 Å². The second-order valence-corrected chi connectivity index (χ2v) is 30.5. The van der Waals surface area contributed by atoms with Gasteiger partial charge >= 0.3 is 39.5 Å². The number of phosphoric acid groups is 2. The SMILES string of the molecule is CCCCCCCCCCCCCCCCC(=O)OC[C@H](COP(=O)(O)OC[C@@H](O)COP(=O)(O)OC[C@@H](COC(=O)CCCCCCC)OC(=O)CCCCCCCCCCCCCCCC)OC(=O)CCCCCCCCCCCCCCCCCCCCC(C)CC. The molecule has 19 heteroatoms. The zero-order valence-electron chi connectivity index (χ0n) is 61.8. The van der Waals surface area contributed by atoms with E-state index in [4.69, 9.17) is 37.0 Å². The zero-order valence-corrected chi connectivity index (χ0v) is 63.6. The molecule has 564 valence electrons. The second kappa shape index (κ2) is 69.2. The van der Waals surface area contributed by atoms with Gasteiger partial charge in [0, 0.05) is 25.7 Å². The smallest absolute Gasteiger partial charge is 0.462 e. The maximum Gasteiger partial charge on any atom is 0.472 e. The molecule has 0 heterocycles. The van der Waals surface area contributed by atoms with Gasteiger partial charge in [0.25, 0.3) is 0 Å². The van der Waals surface area contributed by atoms with Crippen LogP contribution in [0.2, 0.25) is 0 Å². The van der Waals surface area contributed by atoms with Crippen LogP contribution >= 0.6 is 15.6 Å². The number of carbonyl (C=O) groups is 4. The normalized spacial score (nSPS) is 14.2. The van der Waals surface area contributed by atoms with Crippen LogP contribution in [-0.2, 0) is 65.4 Å². The van der Waals surface area contributed by atoms with E-state index >= 15 is 0 Å². The Hall–Kier alpha value is -1.94. The van der Waals surface area contributed by atoms with E-state index in [1.165, 1.54) is 218 Å². The molecule has 0 saturated carbocycles. The first-order chi connectivity index (χ1) is 46.1. The van der Waals surface area contributed by atoms with Crippen molar-refractivity contribution in [3.8, 4) is 0 Å². The molecule has 0 amide bonds. The van der Waals surface area contributed by atoms with Crippen molar-refractivity contribution in [3.05, 3.63) is 0 Å². The van der Waals surface area contributed by atoms with E-state index in [2.05, 4.69) is 34.6 Å². The first kappa shape index (κ1) is 93.1. The van der Waals surface area contributed by atoms with Crippen LogP contribution in [0.15, 0.2) is 0 Å². The first-order valence-electron chi connectivity index (χ1n) is 39.7. The molecule has 0 radical (unpaired) electrons. The quantitative estimate of drug-likeness (QED) is 0.0222. The molecule has 0 aliphatic heterocycles. The summed E-state index contributed by atoms with van der Waals surface area (Å²) in [7, 11) is -9.90. The number of hydrogen-bond donors (Lipinski definition) is 3. The summed E-state index contributed by atoms with van der Waals surface area (Å²) in [5.41, 5.74) is 0. The summed E-state index contributed by atoms with van der Waals surface area (Å²) < 4.78 is 68.3. The molecule has 0 bridgehead atoms. The molecular formula is C76H148O17P2. The van der Waals surface area contributed by atoms with Gasteiger partial charge in [-0.1, -0.05) is 349 Å². The highest BCUT2D eigenvalue weighted by Crippen LogP contribution is 2.45. The van der Waals surface area contributed by atoms with Gasteiger partial charge in [-0.25, -0.2) is 9.13 Å². The lowest BCUT2D eigenvalue weighted by molar-refractivity contribution is -0.161. The fraction of sp³-hybridized carbons (Fsp3) is 0.947. The first-order valence-corrected chi connectivity index (χ1v) is 42.7. The van der Waals surface area contributed by atoms with E-state index in [0.717, 1.165) is 102 Å². The molecule has 95 heavy (non-hydrogen) atoms. The third-order valence-electron chi connectivity index (χ3n) is 18.1. The monoisotopic (exact) mass is 1400 g/mol. The number of aliphatic hydroxyl groups excluding tert-OH is 1. The van der Waals surface area contributed by atoms with Gasteiger partial charge in [-0.3, -0.25) is 37.3 Å². The summed E-state index contributed by atoms with van der Waals surface area (Å²) in [6, 6.07) is 0. The lowest BCUT2D eigenvalue weighted by Crippen LogP contribution is -2.30. The van der Waals surface area contributed by atoms with Crippen LogP contribution in [0.25, 0.3) is 0 Å². The van der Waals surface area contributed by atoms with Crippen LogP contribution in [0.3, 0.4) is 0 Å². The van der Waals surface area contributed by atoms with E-state index in [9.17, 15) is 43.2 Å². The predicted molar refractivity (Wildman–Crippen MR) is 386 cm³/mol. The van der Waals surface area contributed by atoms with Crippen LogP contribution in [0, 0.1) is 5.92 Å². The maximum atomic E-state index is 13.1. The molecule has 0 spiro atoms. The van der Waals surface area contributed by atoms with Crippen LogP contribution in [0.5, 0.6) is 0 Å². The minimum absolute atomic E-state index is 0.107. The summed E-state index contributed by atoms with van der Waals surface area (Å²) in [6.07, 6.45) is 58.6. The molecule has 0 aromatic heterocycles. The Bertz CT molecular complexity index is 1820. The Balaban J connectivity index is 5.10. The zero-order chi connectivity index (χ0) is 69.8. The molecule has 0 aromatic carbocycles. The molecule has 3 N–H and O–H groups in total. The molecule has 17 nitrogen and oxygen atoms in total. The molecule has 0 saturated heterocycles. The minimum Gasteiger partial charge on any atom is -0.462 e. The highest BCUT2D eigenvalue weighted by Gasteiger charge is 2.30. The molecular weight excluding hydrogens is 1250 g/mol. The second-order valence-electron chi connectivity index (χ2n) is 27.6.